The Bertz CT molecular complexity index is 717. The quantitative estimate of drug-likeness (QED) is 0.637. The summed E-state index contributed by atoms with van der Waals surface area (Å²) >= 11 is 9.26. The van der Waals surface area contributed by atoms with Gasteiger partial charge in [0.25, 0.3) is 5.91 Å². The number of rotatable bonds is 3. The molecular formula is C15H12BrClN2O2. The number of phenols is 1. The van der Waals surface area contributed by atoms with Crippen molar-refractivity contribution in [2.45, 2.75) is 6.92 Å². The number of benzene rings is 2. The number of hydrogen-bond acceptors (Lipinski definition) is 3. The largest absolute Gasteiger partial charge is 0.507 e. The third-order valence-corrected chi connectivity index (χ3v) is 3.61. The number of phenolic OH excluding ortho intramolecular Hbond substituents is 1. The van der Waals surface area contributed by atoms with Gasteiger partial charge in [0.2, 0.25) is 0 Å². The summed E-state index contributed by atoms with van der Waals surface area (Å²) in [7, 11) is 0. The lowest BCUT2D eigenvalue weighted by Crippen LogP contribution is -2.19. The fourth-order valence-electron chi connectivity index (χ4n) is 1.70. The van der Waals surface area contributed by atoms with Crippen LogP contribution in [-0.4, -0.2) is 16.7 Å². The first-order chi connectivity index (χ1) is 9.99. The van der Waals surface area contributed by atoms with E-state index in [-0.39, 0.29) is 5.75 Å². The van der Waals surface area contributed by atoms with Crippen molar-refractivity contribution in [3.63, 3.8) is 0 Å². The normalized spacial score (nSPS) is 11.3. The van der Waals surface area contributed by atoms with E-state index in [1.54, 1.807) is 49.4 Å². The molecular weight excluding hydrogens is 356 g/mol. The van der Waals surface area contributed by atoms with Crippen molar-refractivity contribution in [3.05, 3.63) is 63.1 Å². The van der Waals surface area contributed by atoms with Crippen LogP contribution >= 0.6 is 27.5 Å². The van der Waals surface area contributed by atoms with Crippen LogP contribution in [-0.2, 0) is 0 Å². The minimum Gasteiger partial charge on any atom is -0.507 e. The lowest BCUT2D eigenvalue weighted by atomic mass is 10.1. The number of halogens is 2. The highest BCUT2D eigenvalue weighted by Gasteiger charge is 2.10. The molecule has 2 rings (SSSR count). The average molecular weight is 368 g/mol. The molecule has 0 heterocycles. The van der Waals surface area contributed by atoms with E-state index < -0.39 is 5.91 Å². The topological polar surface area (TPSA) is 61.7 Å². The molecule has 0 spiro atoms. The van der Waals surface area contributed by atoms with E-state index in [4.69, 9.17) is 11.6 Å². The number of amides is 1. The highest BCUT2D eigenvalue weighted by molar-refractivity contribution is 9.10. The molecule has 0 bridgehead atoms. The minimum atomic E-state index is -0.408. The van der Waals surface area contributed by atoms with Crippen molar-refractivity contribution in [1.82, 2.24) is 5.43 Å². The number of carbonyl (C=O) groups excluding carboxylic acids is 1. The zero-order chi connectivity index (χ0) is 15.4. The van der Waals surface area contributed by atoms with E-state index in [1.807, 2.05) is 0 Å². The standard InChI is InChI=1S/C15H12BrClN2O2/c1-9(12-8-10(16)6-7-14(12)20)18-19-15(21)11-4-2-3-5-13(11)17/h2-8,20H,1H3,(H,19,21)/b18-9+. The van der Waals surface area contributed by atoms with Gasteiger partial charge in [-0.3, -0.25) is 4.79 Å². The fourth-order valence-corrected chi connectivity index (χ4v) is 2.28. The molecule has 0 saturated carbocycles. The van der Waals surface area contributed by atoms with E-state index in [0.29, 0.717) is 21.9 Å². The number of hydrazone groups is 1. The summed E-state index contributed by atoms with van der Waals surface area (Å²) in [6, 6.07) is 11.7. The Morgan fingerprint density at radius 2 is 1.95 bits per heavy atom. The van der Waals surface area contributed by atoms with Crippen LogP contribution in [0.25, 0.3) is 0 Å². The Kier molecular flexibility index (Phi) is 4.98. The monoisotopic (exact) mass is 366 g/mol. The first kappa shape index (κ1) is 15.5. The molecule has 0 aliphatic rings. The maximum atomic E-state index is 12.0. The number of nitrogens with one attached hydrogen (secondary N) is 1. The first-order valence-electron chi connectivity index (χ1n) is 6.07. The highest BCUT2D eigenvalue weighted by Crippen LogP contribution is 2.22. The van der Waals surface area contributed by atoms with Gasteiger partial charge in [-0.25, -0.2) is 5.43 Å². The van der Waals surface area contributed by atoms with Crippen molar-refractivity contribution in [2.75, 3.05) is 0 Å². The Labute approximate surface area is 135 Å². The van der Waals surface area contributed by atoms with Crippen LogP contribution in [0, 0.1) is 0 Å². The smallest absolute Gasteiger partial charge is 0.272 e. The van der Waals surface area contributed by atoms with Crippen molar-refractivity contribution in [3.8, 4) is 5.75 Å². The number of aromatic hydroxyl groups is 1. The number of carbonyl (C=O) groups is 1. The van der Waals surface area contributed by atoms with Gasteiger partial charge in [-0.2, -0.15) is 5.10 Å². The molecule has 2 N–H and O–H groups in total. The Hall–Kier alpha value is -1.85. The van der Waals surface area contributed by atoms with Crippen molar-refractivity contribution >= 4 is 39.1 Å². The summed E-state index contributed by atoms with van der Waals surface area (Å²) in [6.45, 7) is 1.69. The zero-order valence-corrected chi connectivity index (χ0v) is 13.4. The van der Waals surface area contributed by atoms with Gasteiger partial charge in [0.1, 0.15) is 5.75 Å². The van der Waals surface area contributed by atoms with E-state index >= 15 is 0 Å². The van der Waals surface area contributed by atoms with Crippen molar-refractivity contribution in [2.24, 2.45) is 5.10 Å². The molecule has 2 aromatic carbocycles. The minimum absolute atomic E-state index is 0.0893. The summed E-state index contributed by atoms with van der Waals surface area (Å²) in [4.78, 5) is 12.0. The van der Waals surface area contributed by atoms with E-state index in [9.17, 15) is 9.90 Å². The third-order valence-electron chi connectivity index (χ3n) is 2.79. The number of nitrogens with zero attached hydrogens (tertiary/aromatic N) is 1. The van der Waals surface area contributed by atoms with E-state index in [2.05, 4.69) is 26.5 Å². The van der Waals surface area contributed by atoms with Crippen LogP contribution in [0.15, 0.2) is 52.0 Å². The SMILES string of the molecule is C/C(=N\NC(=O)c1ccccc1Cl)c1cc(Br)ccc1O. The van der Waals surface area contributed by atoms with Gasteiger partial charge in [0.15, 0.2) is 0 Å². The summed E-state index contributed by atoms with van der Waals surface area (Å²) in [5.41, 5.74) is 3.78. The fraction of sp³-hybridized carbons (Fsp3) is 0.0667. The molecule has 0 aliphatic carbocycles. The molecule has 6 heteroatoms. The predicted octanol–water partition coefficient (Wildman–Crippen LogP) is 3.96. The molecule has 0 saturated heterocycles. The van der Waals surface area contributed by atoms with Crippen LogP contribution < -0.4 is 5.43 Å². The molecule has 4 nitrogen and oxygen atoms in total. The number of hydrogen-bond donors (Lipinski definition) is 2. The lowest BCUT2D eigenvalue weighted by molar-refractivity contribution is 0.0955. The summed E-state index contributed by atoms with van der Waals surface area (Å²) in [6.07, 6.45) is 0. The van der Waals surface area contributed by atoms with Crippen LogP contribution in [0.1, 0.15) is 22.8 Å². The molecule has 0 unspecified atom stereocenters. The van der Waals surface area contributed by atoms with Gasteiger partial charge < -0.3 is 5.11 Å². The lowest BCUT2D eigenvalue weighted by Gasteiger charge is -2.06. The van der Waals surface area contributed by atoms with Crippen LogP contribution in [0.4, 0.5) is 0 Å². The Balaban J connectivity index is 2.19. The maximum Gasteiger partial charge on any atom is 0.272 e. The molecule has 0 fully saturated rings. The second-order valence-corrected chi connectivity index (χ2v) is 5.60. The Morgan fingerprint density at radius 1 is 1.24 bits per heavy atom. The van der Waals surface area contributed by atoms with Gasteiger partial charge >= 0.3 is 0 Å². The van der Waals surface area contributed by atoms with E-state index in [1.165, 1.54) is 0 Å². The highest BCUT2D eigenvalue weighted by atomic mass is 79.9. The summed E-state index contributed by atoms with van der Waals surface area (Å²) < 4.78 is 0.808. The zero-order valence-electron chi connectivity index (χ0n) is 11.1. The molecule has 0 radical (unpaired) electrons. The van der Waals surface area contributed by atoms with Gasteiger partial charge in [-0.05, 0) is 37.3 Å². The van der Waals surface area contributed by atoms with Crippen LogP contribution in [0.2, 0.25) is 5.02 Å². The Morgan fingerprint density at radius 3 is 2.67 bits per heavy atom. The van der Waals surface area contributed by atoms with E-state index in [0.717, 1.165) is 4.47 Å². The van der Waals surface area contributed by atoms with Crippen molar-refractivity contribution in [1.29, 1.82) is 0 Å². The van der Waals surface area contributed by atoms with Gasteiger partial charge in [-0.15, -0.1) is 0 Å². The summed E-state index contributed by atoms with van der Waals surface area (Å²) in [5, 5.41) is 14.1. The van der Waals surface area contributed by atoms with Gasteiger partial charge in [0, 0.05) is 10.0 Å². The van der Waals surface area contributed by atoms with Crippen LogP contribution in [0.3, 0.4) is 0 Å². The van der Waals surface area contributed by atoms with Gasteiger partial charge in [-0.1, -0.05) is 39.7 Å². The molecule has 0 aromatic heterocycles. The molecule has 21 heavy (non-hydrogen) atoms. The van der Waals surface area contributed by atoms with Crippen LogP contribution in [0.5, 0.6) is 5.75 Å². The molecule has 1 amide bonds. The first-order valence-corrected chi connectivity index (χ1v) is 7.24. The maximum absolute atomic E-state index is 12.0. The second-order valence-electron chi connectivity index (χ2n) is 4.28. The van der Waals surface area contributed by atoms with Gasteiger partial charge in [0.05, 0.1) is 16.3 Å². The predicted molar refractivity (Wildman–Crippen MR) is 86.9 cm³/mol. The third kappa shape index (κ3) is 3.83. The average Bonchev–Trinajstić information content (AvgIpc) is 2.47. The van der Waals surface area contributed by atoms with Crippen molar-refractivity contribution < 1.29 is 9.90 Å². The molecule has 0 aliphatic heterocycles. The molecule has 2 aromatic rings. The molecule has 0 atom stereocenters. The molecule has 108 valence electrons. The second kappa shape index (κ2) is 6.74. The summed E-state index contributed by atoms with van der Waals surface area (Å²) in [5.74, 6) is -0.319.